The summed E-state index contributed by atoms with van der Waals surface area (Å²) >= 11 is 0. The molecule has 2 aromatic carbocycles. The van der Waals surface area contributed by atoms with Crippen molar-refractivity contribution < 1.29 is 8.42 Å². The second-order valence-corrected chi connectivity index (χ2v) is 8.78. The SMILES string of the molecule is CCN(CC)CCN(CC1CC1)S(=O)(=O)c1ccc2ccccc2c1. The number of sulfonamides is 1. The molecule has 136 valence electrons. The quantitative estimate of drug-likeness (QED) is 0.686. The van der Waals surface area contributed by atoms with E-state index in [2.05, 4.69) is 18.7 Å². The molecule has 1 fully saturated rings. The Bertz CT molecular complexity index is 811. The highest BCUT2D eigenvalue weighted by Gasteiger charge is 2.31. The Morgan fingerprint density at radius 3 is 2.28 bits per heavy atom. The molecule has 4 nitrogen and oxygen atoms in total. The molecule has 0 unspecified atom stereocenters. The lowest BCUT2D eigenvalue weighted by Gasteiger charge is -2.26. The van der Waals surface area contributed by atoms with Crippen LogP contribution in [0.15, 0.2) is 47.4 Å². The molecule has 3 rings (SSSR count). The zero-order valence-electron chi connectivity index (χ0n) is 15.2. The van der Waals surface area contributed by atoms with Crippen LogP contribution in [0.25, 0.3) is 10.8 Å². The van der Waals surface area contributed by atoms with E-state index < -0.39 is 10.0 Å². The fourth-order valence-corrected chi connectivity index (χ4v) is 4.71. The van der Waals surface area contributed by atoms with Crippen molar-refractivity contribution in [3.05, 3.63) is 42.5 Å². The molecule has 0 saturated heterocycles. The van der Waals surface area contributed by atoms with Crippen LogP contribution in [0.2, 0.25) is 0 Å². The number of fused-ring (bicyclic) bond motifs is 1. The highest BCUT2D eigenvalue weighted by atomic mass is 32.2. The van der Waals surface area contributed by atoms with Gasteiger partial charge in [-0.05, 0) is 54.8 Å². The molecule has 0 amide bonds. The van der Waals surface area contributed by atoms with E-state index in [-0.39, 0.29) is 0 Å². The smallest absolute Gasteiger partial charge is 0.243 e. The fraction of sp³-hybridized carbons (Fsp3) is 0.500. The van der Waals surface area contributed by atoms with E-state index in [0.29, 0.717) is 23.9 Å². The van der Waals surface area contributed by atoms with Crippen molar-refractivity contribution in [2.75, 3.05) is 32.7 Å². The van der Waals surface area contributed by atoms with Gasteiger partial charge < -0.3 is 4.90 Å². The van der Waals surface area contributed by atoms with Gasteiger partial charge in [0.25, 0.3) is 0 Å². The molecule has 0 atom stereocenters. The summed E-state index contributed by atoms with van der Waals surface area (Å²) in [5.41, 5.74) is 0. The standard InChI is InChI=1S/C20H28N2O2S/c1-3-21(4-2)13-14-22(16-17-9-10-17)25(23,24)20-12-11-18-7-5-6-8-19(18)15-20/h5-8,11-12,15,17H,3-4,9-10,13-14,16H2,1-2H3. The van der Waals surface area contributed by atoms with E-state index in [1.165, 1.54) is 0 Å². The zero-order chi connectivity index (χ0) is 17.9. The van der Waals surface area contributed by atoms with Crippen molar-refractivity contribution in [1.82, 2.24) is 9.21 Å². The third-order valence-electron chi connectivity index (χ3n) is 5.08. The molecule has 0 bridgehead atoms. The van der Waals surface area contributed by atoms with Gasteiger partial charge in [0, 0.05) is 19.6 Å². The number of benzene rings is 2. The van der Waals surface area contributed by atoms with Gasteiger partial charge in [-0.3, -0.25) is 0 Å². The Morgan fingerprint density at radius 1 is 0.960 bits per heavy atom. The molecule has 0 heterocycles. The number of hydrogen-bond donors (Lipinski definition) is 0. The van der Waals surface area contributed by atoms with Gasteiger partial charge in [-0.2, -0.15) is 4.31 Å². The van der Waals surface area contributed by atoms with Gasteiger partial charge in [0.2, 0.25) is 10.0 Å². The maximum atomic E-state index is 13.2. The molecule has 0 radical (unpaired) electrons. The van der Waals surface area contributed by atoms with Crippen molar-refractivity contribution in [1.29, 1.82) is 0 Å². The molecule has 0 aliphatic heterocycles. The summed E-state index contributed by atoms with van der Waals surface area (Å²) in [4.78, 5) is 2.68. The van der Waals surface area contributed by atoms with E-state index in [1.807, 2.05) is 36.4 Å². The van der Waals surface area contributed by atoms with Crippen LogP contribution >= 0.6 is 0 Å². The average Bonchev–Trinajstić information content (AvgIpc) is 3.45. The Balaban J connectivity index is 1.85. The molecule has 0 aromatic heterocycles. The molecule has 1 aliphatic carbocycles. The number of rotatable bonds is 9. The van der Waals surface area contributed by atoms with Crippen molar-refractivity contribution in [2.24, 2.45) is 5.92 Å². The Hall–Kier alpha value is -1.43. The van der Waals surface area contributed by atoms with Crippen molar-refractivity contribution in [3.8, 4) is 0 Å². The van der Waals surface area contributed by atoms with E-state index in [9.17, 15) is 8.42 Å². The lowest BCUT2D eigenvalue weighted by atomic mass is 10.1. The molecule has 25 heavy (non-hydrogen) atoms. The summed E-state index contributed by atoms with van der Waals surface area (Å²) in [7, 11) is -3.45. The van der Waals surface area contributed by atoms with Gasteiger partial charge in [-0.25, -0.2) is 8.42 Å². The highest BCUT2D eigenvalue weighted by molar-refractivity contribution is 7.89. The van der Waals surface area contributed by atoms with Crippen molar-refractivity contribution in [2.45, 2.75) is 31.6 Å². The molecule has 2 aromatic rings. The summed E-state index contributed by atoms with van der Waals surface area (Å²) in [5, 5.41) is 2.04. The Labute approximate surface area is 151 Å². The zero-order valence-corrected chi connectivity index (χ0v) is 16.0. The van der Waals surface area contributed by atoms with Gasteiger partial charge >= 0.3 is 0 Å². The van der Waals surface area contributed by atoms with E-state index in [0.717, 1.165) is 43.2 Å². The molecule has 0 spiro atoms. The molecule has 1 aliphatic rings. The number of likely N-dealkylation sites (N-methyl/N-ethyl adjacent to an activating group) is 1. The third kappa shape index (κ3) is 4.40. The monoisotopic (exact) mass is 360 g/mol. The van der Waals surface area contributed by atoms with Crippen LogP contribution in [0, 0.1) is 5.92 Å². The van der Waals surface area contributed by atoms with Gasteiger partial charge in [0.05, 0.1) is 4.90 Å². The van der Waals surface area contributed by atoms with E-state index >= 15 is 0 Å². The van der Waals surface area contributed by atoms with Crippen LogP contribution in [0.5, 0.6) is 0 Å². The largest absolute Gasteiger partial charge is 0.303 e. The molecule has 5 heteroatoms. The summed E-state index contributed by atoms with van der Waals surface area (Å²) in [6, 6.07) is 13.4. The molecule has 1 saturated carbocycles. The van der Waals surface area contributed by atoms with E-state index in [4.69, 9.17) is 0 Å². The second kappa shape index (κ2) is 7.85. The average molecular weight is 361 g/mol. The van der Waals surface area contributed by atoms with Crippen molar-refractivity contribution in [3.63, 3.8) is 0 Å². The minimum absolute atomic E-state index is 0.409. The fourth-order valence-electron chi connectivity index (χ4n) is 3.17. The molecular weight excluding hydrogens is 332 g/mol. The summed E-state index contributed by atoms with van der Waals surface area (Å²) in [6.07, 6.45) is 2.30. The maximum Gasteiger partial charge on any atom is 0.243 e. The van der Waals surface area contributed by atoms with Gasteiger partial charge in [0.15, 0.2) is 0 Å². The van der Waals surface area contributed by atoms with Gasteiger partial charge in [0.1, 0.15) is 0 Å². The summed E-state index contributed by atoms with van der Waals surface area (Å²) < 4.78 is 28.2. The maximum absolute atomic E-state index is 13.2. The predicted molar refractivity (Wildman–Crippen MR) is 103 cm³/mol. The Morgan fingerprint density at radius 2 is 1.64 bits per heavy atom. The van der Waals surface area contributed by atoms with Crippen LogP contribution < -0.4 is 0 Å². The first-order chi connectivity index (χ1) is 12.0. The minimum atomic E-state index is -3.45. The molecular formula is C20H28N2O2S. The lowest BCUT2D eigenvalue weighted by molar-refractivity contribution is 0.268. The van der Waals surface area contributed by atoms with Crippen LogP contribution in [-0.4, -0.2) is 50.3 Å². The first kappa shape index (κ1) is 18.4. The predicted octanol–water partition coefficient (Wildman–Crippen LogP) is 3.58. The third-order valence-corrected chi connectivity index (χ3v) is 6.94. The number of hydrogen-bond acceptors (Lipinski definition) is 3. The first-order valence-electron chi connectivity index (χ1n) is 9.26. The summed E-state index contributed by atoms with van der Waals surface area (Å²) in [6.45, 7) is 8.13. The topological polar surface area (TPSA) is 40.6 Å². The minimum Gasteiger partial charge on any atom is -0.303 e. The second-order valence-electron chi connectivity index (χ2n) is 6.84. The van der Waals surface area contributed by atoms with Gasteiger partial charge in [-0.1, -0.05) is 44.2 Å². The van der Waals surface area contributed by atoms with Gasteiger partial charge in [-0.15, -0.1) is 0 Å². The molecule has 0 N–H and O–H groups in total. The van der Waals surface area contributed by atoms with Crippen LogP contribution in [0.1, 0.15) is 26.7 Å². The lowest BCUT2D eigenvalue weighted by Crippen LogP contribution is -2.39. The first-order valence-corrected chi connectivity index (χ1v) is 10.7. The van der Waals surface area contributed by atoms with Crippen LogP contribution in [0.3, 0.4) is 0 Å². The van der Waals surface area contributed by atoms with Crippen LogP contribution in [-0.2, 0) is 10.0 Å². The summed E-state index contributed by atoms with van der Waals surface area (Å²) in [5.74, 6) is 0.534. The number of nitrogens with zero attached hydrogens (tertiary/aromatic N) is 2. The Kier molecular flexibility index (Phi) is 5.77. The van der Waals surface area contributed by atoms with Crippen molar-refractivity contribution >= 4 is 20.8 Å². The normalized spacial score (nSPS) is 15.4. The van der Waals surface area contributed by atoms with E-state index in [1.54, 1.807) is 10.4 Å². The van der Waals surface area contributed by atoms with Crippen LogP contribution in [0.4, 0.5) is 0 Å². The highest BCUT2D eigenvalue weighted by Crippen LogP contribution is 2.32.